The van der Waals surface area contributed by atoms with Gasteiger partial charge >= 0.3 is 6.03 Å². The maximum absolute atomic E-state index is 12.8. The van der Waals surface area contributed by atoms with Gasteiger partial charge in [0.1, 0.15) is 5.52 Å². The number of H-pyrrole nitrogens is 1. The standard InChI is InChI=1S/C20H22N4O4S/c1-4-21-20(26)24-9-13-8-22-18-17(13)15(10-23(2)19(18)25)14-7-12(5-6-16(14)24)11-29(3,27)28/h5-8,10,22H,4,9,11H2,1-3H3,(H,21,26). The number of amides is 2. The fourth-order valence-electron chi connectivity index (χ4n) is 3.87. The zero-order valence-corrected chi connectivity index (χ0v) is 17.3. The fourth-order valence-corrected chi connectivity index (χ4v) is 4.66. The zero-order valence-electron chi connectivity index (χ0n) is 16.4. The normalized spacial score (nSPS) is 13.3. The summed E-state index contributed by atoms with van der Waals surface area (Å²) in [5, 5.41) is 3.59. The highest BCUT2D eigenvalue weighted by Gasteiger charge is 2.28. The van der Waals surface area contributed by atoms with E-state index in [9.17, 15) is 18.0 Å². The average molecular weight is 414 g/mol. The van der Waals surface area contributed by atoms with Crippen LogP contribution in [0.2, 0.25) is 0 Å². The Kier molecular flexibility index (Phi) is 4.49. The Morgan fingerprint density at radius 3 is 2.72 bits per heavy atom. The van der Waals surface area contributed by atoms with Gasteiger partial charge in [0.25, 0.3) is 5.56 Å². The Morgan fingerprint density at radius 1 is 1.28 bits per heavy atom. The summed E-state index contributed by atoms with van der Waals surface area (Å²) in [6, 6.07) is 5.05. The lowest BCUT2D eigenvalue weighted by Gasteiger charge is -2.24. The minimum absolute atomic E-state index is 0.101. The summed E-state index contributed by atoms with van der Waals surface area (Å²) in [4.78, 5) is 30.1. The lowest BCUT2D eigenvalue weighted by molar-refractivity contribution is 0.246. The first-order valence-electron chi connectivity index (χ1n) is 9.25. The number of carbonyl (C=O) groups is 1. The van der Waals surface area contributed by atoms with Crippen molar-refractivity contribution in [2.24, 2.45) is 7.05 Å². The summed E-state index contributed by atoms with van der Waals surface area (Å²) >= 11 is 0. The second-order valence-electron chi connectivity index (χ2n) is 7.37. The summed E-state index contributed by atoms with van der Waals surface area (Å²) in [6.07, 6.45) is 4.69. The molecule has 8 nitrogen and oxygen atoms in total. The molecule has 3 aromatic rings. The molecule has 1 aromatic carbocycles. The van der Waals surface area contributed by atoms with Crippen molar-refractivity contribution in [3.63, 3.8) is 0 Å². The largest absolute Gasteiger partial charge is 0.356 e. The first-order chi connectivity index (χ1) is 13.7. The summed E-state index contributed by atoms with van der Waals surface area (Å²) in [5.74, 6) is -0.101. The molecule has 0 fully saturated rings. The SMILES string of the molecule is CCNC(=O)N1Cc2c[nH]c3c(=O)n(C)cc(c23)-c2cc(CS(C)(=O)=O)ccc21. The molecule has 0 saturated heterocycles. The first kappa shape index (κ1) is 19.3. The number of benzene rings is 1. The monoisotopic (exact) mass is 414 g/mol. The number of hydrogen-bond acceptors (Lipinski definition) is 4. The number of rotatable bonds is 3. The molecule has 1 aliphatic heterocycles. The van der Waals surface area contributed by atoms with Gasteiger partial charge in [-0.1, -0.05) is 6.07 Å². The molecule has 2 aromatic heterocycles. The van der Waals surface area contributed by atoms with Crippen LogP contribution in [0, 0.1) is 0 Å². The third kappa shape index (κ3) is 3.31. The molecule has 0 radical (unpaired) electrons. The molecule has 0 spiro atoms. The maximum Gasteiger partial charge on any atom is 0.322 e. The first-order valence-corrected chi connectivity index (χ1v) is 11.3. The van der Waals surface area contributed by atoms with Gasteiger partial charge in [0.15, 0.2) is 9.84 Å². The van der Waals surface area contributed by atoms with Gasteiger partial charge < -0.3 is 14.9 Å². The lowest BCUT2D eigenvalue weighted by Crippen LogP contribution is -2.39. The Balaban J connectivity index is 2.03. The lowest BCUT2D eigenvalue weighted by atomic mass is 9.99. The van der Waals surface area contributed by atoms with Crippen LogP contribution in [0.5, 0.6) is 0 Å². The molecule has 0 saturated carbocycles. The van der Waals surface area contributed by atoms with Crippen molar-refractivity contribution in [1.29, 1.82) is 0 Å². The molecular weight excluding hydrogens is 392 g/mol. The Hall–Kier alpha value is -3.07. The molecule has 152 valence electrons. The molecule has 4 rings (SSSR count). The molecule has 0 bridgehead atoms. The van der Waals surface area contributed by atoms with Crippen LogP contribution < -0.4 is 15.8 Å². The third-order valence-electron chi connectivity index (χ3n) is 5.06. The number of hydrogen-bond donors (Lipinski definition) is 2. The molecule has 3 heterocycles. The van der Waals surface area contributed by atoms with Gasteiger partial charge in [-0.25, -0.2) is 13.2 Å². The number of fused-ring (bicyclic) bond motifs is 2. The van der Waals surface area contributed by atoms with E-state index in [4.69, 9.17) is 0 Å². The molecule has 0 unspecified atom stereocenters. The minimum atomic E-state index is -3.22. The van der Waals surface area contributed by atoms with E-state index >= 15 is 0 Å². The van der Waals surface area contributed by atoms with E-state index in [2.05, 4.69) is 10.3 Å². The van der Waals surface area contributed by atoms with Crippen molar-refractivity contribution in [2.45, 2.75) is 19.2 Å². The number of pyridine rings is 1. The fraction of sp³-hybridized carbons (Fsp3) is 0.300. The average Bonchev–Trinajstić information content (AvgIpc) is 3.00. The highest BCUT2D eigenvalue weighted by Crippen LogP contribution is 2.41. The maximum atomic E-state index is 12.8. The number of nitrogens with one attached hydrogen (secondary N) is 2. The second kappa shape index (κ2) is 6.77. The Labute approximate surface area is 168 Å². The van der Waals surface area contributed by atoms with E-state index in [0.717, 1.165) is 22.1 Å². The van der Waals surface area contributed by atoms with Gasteiger partial charge in [-0.3, -0.25) is 9.69 Å². The van der Waals surface area contributed by atoms with Crippen molar-refractivity contribution in [3.05, 3.63) is 52.1 Å². The summed E-state index contributed by atoms with van der Waals surface area (Å²) in [6.45, 7) is 2.62. The van der Waals surface area contributed by atoms with Gasteiger partial charge in [0.05, 0.1) is 18.0 Å². The van der Waals surface area contributed by atoms with Crippen LogP contribution >= 0.6 is 0 Å². The topological polar surface area (TPSA) is 104 Å². The number of sulfone groups is 1. The van der Waals surface area contributed by atoms with Crippen LogP contribution in [-0.4, -0.2) is 36.8 Å². The van der Waals surface area contributed by atoms with Gasteiger partial charge in [0, 0.05) is 48.8 Å². The number of aryl methyl sites for hydroxylation is 1. The van der Waals surface area contributed by atoms with Crippen molar-refractivity contribution >= 4 is 32.5 Å². The molecule has 29 heavy (non-hydrogen) atoms. The quantitative estimate of drug-likeness (QED) is 0.685. The van der Waals surface area contributed by atoms with Crippen LogP contribution in [0.25, 0.3) is 22.0 Å². The summed E-state index contributed by atoms with van der Waals surface area (Å²) in [5.41, 5.74) is 3.95. The molecule has 9 heteroatoms. The zero-order chi connectivity index (χ0) is 20.9. The van der Waals surface area contributed by atoms with Gasteiger partial charge in [0.2, 0.25) is 0 Å². The molecule has 0 atom stereocenters. The number of aromatic nitrogens is 2. The molecule has 2 amide bonds. The summed E-state index contributed by atoms with van der Waals surface area (Å²) < 4.78 is 25.1. The van der Waals surface area contributed by atoms with E-state index in [1.807, 2.05) is 6.92 Å². The van der Waals surface area contributed by atoms with Crippen LogP contribution in [-0.2, 0) is 29.2 Å². The van der Waals surface area contributed by atoms with E-state index in [-0.39, 0.29) is 17.3 Å². The second-order valence-corrected chi connectivity index (χ2v) is 9.51. The van der Waals surface area contributed by atoms with Crippen molar-refractivity contribution in [2.75, 3.05) is 17.7 Å². The van der Waals surface area contributed by atoms with Gasteiger partial charge in [-0.15, -0.1) is 0 Å². The summed E-state index contributed by atoms with van der Waals surface area (Å²) in [7, 11) is -1.55. The predicted octanol–water partition coefficient (Wildman–Crippen LogP) is 2.13. The molecule has 2 N–H and O–H groups in total. The Morgan fingerprint density at radius 2 is 2.03 bits per heavy atom. The van der Waals surface area contributed by atoms with Crippen LogP contribution in [0.4, 0.5) is 10.5 Å². The third-order valence-corrected chi connectivity index (χ3v) is 5.92. The number of nitrogens with zero attached hydrogens (tertiary/aromatic N) is 2. The molecule has 1 aliphatic rings. The van der Waals surface area contributed by atoms with Crippen molar-refractivity contribution in [3.8, 4) is 11.1 Å². The van der Waals surface area contributed by atoms with Crippen LogP contribution in [0.1, 0.15) is 18.1 Å². The van der Waals surface area contributed by atoms with E-state index in [1.165, 1.54) is 10.8 Å². The molecule has 0 aliphatic carbocycles. The van der Waals surface area contributed by atoms with E-state index in [0.29, 0.717) is 29.9 Å². The van der Waals surface area contributed by atoms with Crippen molar-refractivity contribution in [1.82, 2.24) is 14.9 Å². The van der Waals surface area contributed by atoms with E-state index in [1.54, 1.807) is 42.5 Å². The number of aromatic amines is 1. The predicted molar refractivity (Wildman–Crippen MR) is 113 cm³/mol. The number of anilines is 1. The smallest absolute Gasteiger partial charge is 0.322 e. The van der Waals surface area contributed by atoms with Crippen molar-refractivity contribution < 1.29 is 13.2 Å². The van der Waals surface area contributed by atoms with E-state index < -0.39 is 9.84 Å². The highest BCUT2D eigenvalue weighted by molar-refractivity contribution is 7.89. The Bertz CT molecular complexity index is 1300. The van der Waals surface area contributed by atoms with Crippen LogP contribution in [0.3, 0.4) is 0 Å². The number of urea groups is 1. The molecular formula is C20H22N4O4S. The van der Waals surface area contributed by atoms with Crippen LogP contribution in [0.15, 0.2) is 35.4 Å². The number of carbonyl (C=O) groups excluding carboxylic acids is 1. The van der Waals surface area contributed by atoms with Gasteiger partial charge in [-0.05, 0) is 30.2 Å². The van der Waals surface area contributed by atoms with Gasteiger partial charge in [-0.2, -0.15) is 0 Å². The highest BCUT2D eigenvalue weighted by atomic mass is 32.2. The minimum Gasteiger partial charge on any atom is -0.356 e.